The lowest BCUT2D eigenvalue weighted by molar-refractivity contribution is -0.129. The molecule has 0 unspecified atom stereocenters. The number of nitrogens with two attached hydrogens (primary N) is 2. The number of carbonyl (C=O) groups is 13. The van der Waals surface area contributed by atoms with Crippen molar-refractivity contribution in [1.29, 1.82) is 0 Å². The van der Waals surface area contributed by atoms with Crippen molar-refractivity contribution in [2.45, 2.75) is 257 Å². The van der Waals surface area contributed by atoms with Gasteiger partial charge in [0.2, 0.25) is 5.91 Å². The van der Waals surface area contributed by atoms with Crippen molar-refractivity contribution in [3.63, 3.8) is 0 Å². The number of likely N-dealkylation sites (tertiary alicyclic amines) is 1. The molecule has 0 saturated carbocycles. The van der Waals surface area contributed by atoms with Crippen LogP contribution >= 0.6 is 0 Å². The zero-order valence-corrected chi connectivity index (χ0v) is 73.0. The molecule has 103 heavy (non-hydrogen) atoms. The SMILES string of the molecule is C=C/C=C\C.C=O.C=O.C=O.C=O.C=O.C=O.C=O.C=O.C=O.C=O.C=O.C=O.CC.CC.CC(=O)N1CCCCC1.CC(C)C.CC(C)O.CCC(C)C.CCC(C)C.CCC(C)C.CCC(C)C.CCCCN.CCc1ccccc1.CCc1ccccc1.CN.N.N.N.N.N.N.N.N.N.N. The number of carbonyl (C=O) groups excluding carboxylic acids is 13. The van der Waals surface area contributed by atoms with Crippen LogP contribution in [0.3, 0.4) is 0 Å². The van der Waals surface area contributed by atoms with Crippen LogP contribution < -0.4 is 73.0 Å². The van der Waals surface area contributed by atoms with E-state index in [2.05, 4.69) is 185 Å². The summed E-state index contributed by atoms with van der Waals surface area (Å²) in [5, 5.41) is 8.06. The smallest absolute Gasteiger partial charge is 0.219 e. The summed E-state index contributed by atoms with van der Waals surface area (Å²) in [4.78, 5) is 109. The molecule has 1 heterocycles. The highest BCUT2D eigenvalue weighted by atomic mass is 16.3. The normalized spacial score (nSPS) is 7.20. The van der Waals surface area contributed by atoms with Gasteiger partial charge in [-0.15, -0.1) is 0 Å². The molecule has 1 amide bonds. The summed E-state index contributed by atoms with van der Waals surface area (Å²) in [6, 6.07) is 20.9. The molecule has 27 heteroatoms. The van der Waals surface area contributed by atoms with E-state index in [1.807, 2.05) is 145 Å². The zero-order chi connectivity index (χ0) is 80.9. The maximum absolute atomic E-state index is 10.7. The van der Waals surface area contributed by atoms with Crippen molar-refractivity contribution < 1.29 is 67.4 Å². The van der Waals surface area contributed by atoms with Crippen LogP contribution in [0.1, 0.15) is 249 Å². The maximum Gasteiger partial charge on any atom is 0.219 e. The third-order valence-electron chi connectivity index (χ3n) is 8.46. The minimum Gasteiger partial charge on any atom is -0.394 e. The van der Waals surface area contributed by atoms with Crippen LogP contribution in [0.15, 0.2) is 85.5 Å². The second kappa shape index (κ2) is 336. The number of amides is 1. The van der Waals surface area contributed by atoms with E-state index in [1.54, 1.807) is 26.8 Å². The zero-order valence-electron chi connectivity index (χ0n) is 73.0. The number of allylic oxidation sites excluding steroid dienone is 3. The van der Waals surface area contributed by atoms with Crippen molar-refractivity contribution in [2.75, 3.05) is 26.7 Å². The number of piperidine rings is 1. The van der Waals surface area contributed by atoms with Gasteiger partial charge in [-0.2, -0.15) is 0 Å². The van der Waals surface area contributed by atoms with Gasteiger partial charge in [0.15, 0.2) is 0 Å². The average molecular weight is 1510 g/mol. The van der Waals surface area contributed by atoms with Gasteiger partial charge in [-0.05, 0) is 114 Å². The Morgan fingerprint density at radius 3 is 0.641 bits per heavy atom. The van der Waals surface area contributed by atoms with Gasteiger partial charge in [-0.25, -0.2) is 0 Å². The summed E-state index contributed by atoms with van der Waals surface area (Å²) >= 11 is 0. The number of benzene rings is 2. The van der Waals surface area contributed by atoms with Crippen LogP contribution in [0.5, 0.6) is 0 Å². The molecule has 0 radical (unpaired) electrons. The lowest BCUT2D eigenvalue weighted by atomic mass is 10.1. The van der Waals surface area contributed by atoms with Gasteiger partial charge in [0.05, 0.1) is 0 Å². The minimum absolute atomic E-state index is 0. The second-order valence-corrected chi connectivity index (χ2v) is 18.2. The minimum atomic E-state index is -0.167. The van der Waals surface area contributed by atoms with Crippen molar-refractivity contribution in [3.05, 3.63) is 96.6 Å². The van der Waals surface area contributed by atoms with Crippen molar-refractivity contribution in [1.82, 2.24) is 66.4 Å². The highest BCUT2D eigenvalue weighted by molar-refractivity contribution is 5.73. The Morgan fingerprint density at radius 2 is 0.583 bits per heavy atom. The van der Waals surface area contributed by atoms with E-state index in [0.717, 1.165) is 62.1 Å². The maximum atomic E-state index is 10.7. The Labute approximate surface area is 639 Å². The van der Waals surface area contributed by atoms with E-state index in [0.29, 0.717) is 0 Å². The first-order valence-electron chi connectivity index (χ1n) is 31.5. The lowest BCUT2D eigenvalue weighted by Crippen LogP contribution is -2.33. The largest absolute Gasteiger partial charge is 0.394 e. The second-order valence-electron chi connectivity index (χ2n) is 18.2. The van der Waals surface area contributed by atoms with Crippen LogP contribution in [0.4, 0.5) is 0 Å². The first kappa shape index (κ1) is 218. The Bertz CT molecular complexity index is 1200. The number of aliphatic hydroxyl groups excluding tert-OH is 1. The number of aryl methyl sites for hydroxylation is 2. The number of rotatable bonds is 9. The molecule has 27 nitrogen and oxygen atoms in total. The van der Waals surface area contributed by atoms with Crippen molar-refractivity contribution in [2.24, 2.45) is 41.1 Å². The molecule has 0 spiro atoms. The highest BCUT2D eigenvalue weighted by Crippen LogP contribution is 2.08. The van der Waals surface area contributed by atoms with Gasteiger partial charge < -0.3 is 141 Å². The fourth-order valence-electron chi connectivity index (χ4n) is 2.98. The molecule has 0 aromatic heterocycles. The summed E-state index contributed by atoms with van der Waals surface area (Å²) in [5.41, 5.74) is 12.5. The van der Waals surface area contributed by atoms with Crippen LogP contribution in [0.2, 0.25) is 0 Å². The molecule has 642 valence electrons. The van der Waals surface area contributed by atoms with Gasteiger partial charge in [-0.3, -0.25) is 4.79 Å². The quantitative estimate of drug-likeness (QED) is 0.104. The Kier molecular flexibility index (Phi) is 712. The standard InChI is InChI=1S/2C8H10.C7H13NO.4C5H12.C5H8.C4H11N.C4H10.C3H8O.2C2H6.CH5N.12CH2O.10H3N/c2*1-2-8-6-4-3-5-7-8;1-7(9)8-5-3-2-4-6-8;4*1-4-5(2)3;1-3-5-4-2;1-2-3-4-5;1-4(2)3;1-3(2)4;15*1-2;;;;;;;;;;/h2*3-7H,2H2,1H3;2-6H2,1H3;4*5H,4H2,1-3H3;3-5H,1H2,2H3;2-5H2,1H3;4H,1-3H3;3-4H,1-2H3;2*1-2H3;2H2,1H3;12*1H2;10*1H3/b;;;;;;;5-4-;;;;;;;;;;;;;;;;;;;;;;;;;;;;. The predicted molar refractivity (Wildman–Crippen MR) is 464 cm³/mol. The molecular weight excluding hydrogens is 1320 g/mol. The van der Waals surface area contributed by atoms with Crippen molar-refractivity contribution in [3.8, 4) is 0 Å². The molecule has 1 aliphatic rings. The Balaban J connectivity index is -0.0000000162. The summed E-state index contributed by atoms with van der Waals surface area (Å²) in [5.74, 6) is 4.60. The number of hydrogen-bond acceptors (Lipinski definition) is 26. The van der Waals surface area contributed by atoms with Crippen LogP contribution in [-0.4, -0.2) is 130 Å². The highest BCUT2D eigenvalue weighted by Gasteiger charge is 2.11. The van der Waals surface area contributed by atoms with E-state index >= 15 is 0 Å². The summed E-state index contributed by atoms with van der Waals surface area (Å²) in [6.45, 7) is 84.8. The van der Waals surface area contributed by atoms with Crippen molar-refractivity contribution >= 4 is 87.4 Å². The molecule has 35 N–H and O–H groups in total. The summed E-state index contributed by atoms with van der Waals surface area (Å²) in [6.07, 6.45) is 19.0. The van der Waals surface area contributed by atoms with Crippen LogP contribution in [0, 0.1) is 29.6 Å². The van der Waals surface area contributed by atoms with Crippen LogP contribution in [0.25, 0.3) is 0 Å². The molecule has 3 rings (SSSR count). The van der Waals surface area contributed by atoms with Crippen LogP contribution in [-0.2, 0) is 75.2 Å². The monoisotopic (exact) mass is 1510 g/mol. The third kappa shape index (κ3) is 601. The van der Waals surface area contributed by atoms with Gasteiger partial charge in [0, 0.05) is 26.1 Å². The van der Waals surface area contributed by atoms with Gasteiger partial charge in [0.1, 0.15) is 81.5 Å². The van der Waals surface area contributed by atoms with Gasteiger partial charge >= 0.3 is 0 Å². The molecule has 2 aromatic carbocycles. The number of nitrogens with zero attached hydrogens (tertiary/aromatic N) is 1. The molecule has 0 aliphatic carbocycles. The topological polar surface area (TPSA) is 647 Å². The van der Waals surface area contributed by atoms with Gasteiger partial charge in [0.25, 0.3) is 0 Å². The first-order chi connectivity index (χ1) is 44.5. The number of aliphatic hydroxyl groups is 1. The Morgan fingerprint density at radius 1 is 0.417 bits per heavy atom. The fraction of sp³-hybridized carbons (Fsp3) is 0.618. The number of hydrogen-bond donors (Lipinski definition) is 13. The first-order valence-corrected chi connectivity index (χ1v) is 31.5. The van der Waals surface area contributed by atoms with E-state index in [4.69, 9.17) is 68.4 Å². The van der Waals surface area contributed by atoms with E-state index < -0.39 is 0 Å². The fourth-order valence-corrected chi connectivity index (χ4v) is 2.98. The lowest BCUT2D eigenvalue weighted by Gasteiger charge is -2.24. The molecule has 0 atom stereocenters. The third-order valence-corrected chi connectivity index (χ3v) is 8.46. The van der Waals surface area contributed by atoms with E-state index in [-0.39, 0.29) is 73.5 Å². The predicted octanol–water partition coefficient (Wildman–Crippen LogP) is 19.3. The molecule has 1 fully saturated rings. The molecule has 2 aromatic rings. The average Bonchev–Trinajstić information content (AvgIpc) is 3.17. The number of unbranched alkanes of at least 4 members (excludes halogenated alkanes) is 1. The molecule has 1 aliphatic heterocycles. The summed E-state index contributed by atoms with van der Waals surface area (Å²) < 4.78 is 0. The molecule has 1 saturated heterocycles. The summed E-state index contributed by atoms with van der Waals surface area (Å²) in [7, 11) is 1.50. The molecular formula is C76H189N13O14. The van der Waals surface area contributed by atoms with E-state index in [9.17, 15) is 4.79 Å². The van der Waals surface area contributed by atoms with E-state index in [1.165, 1.54) is 76.0 Å². The van der Waals surface area contributed by atoms with Gasteiger partial charge in [-0.1, -0.05) is 270 Å². The molecule has 0 bridgehead atoms. The Hall–Kier alpha value is -7.09.